The van der Waals surface area contributed by atoms with Gasteiger partial charge in [-0.15, -0.1) is 0 Å². The second-order valence-corrected chi connectivity index (χ2v) is 8.23. The highest BCUT2D eigenvalue weighted by molar-refractivity contribution is 9.10. The number of hydrogen-bond acceptors (Lipinski definition) is 6. The molecule has 164 valence electrons. The van der Waals surface area contributed by atoms with Crippen molar-refractivity contribution in [3.63, 3.8) is 0 Å². The van der Waals surface area contributed by atoms with E-state index in [1.165, 1.54) is 0 Å². The zero-order valence-electron chi connectivity index (χ0n) is 17.8. The Morgan fingerprint density at radius 2 is 1.93 bits per heavy atom. The molecule has 0 aromatic carbocycles. The van der Waals surface area contributed by atoms with Gasteiger partial charge in [-0.2, -0.15) is 0 Å². The third kappa shape index (κ3) is 8.99. The van der Waals surface area contributed by atoms with Gasteiger partial charge in [-0.1, -0.05) is 13.8 Å². The average molecular weight is 474 g/mol. The summed E-state index contributed by atoms with van der Waals surface area (Å²) in [5, 5.41) is 11.8. The first-order valence-corrected chi connectivity index (χ1v) is 10.7. The van der Waals surface area contributed by atoms with Crippen molar-refractivity contribution < 1.29 is 24.2 Å². The van der Waals surface area contributed by atoms with Gasteiger partial charge in [-0.25, -0.2) is 9.59 Å². The summed E-state index contributed by atoms with van der Waals surface area (Å²) in [5.41, 5.74) is 0.543. The summed E-state index contributed by atoms with van der Waals surface area (Å²) in [6, 6.07) is 1.71. The molecule has 1 saturated heterocycles. The van der Waals surface area contributed by atoms with Gasteiger partial charge < -0.3 is 19.5 Å². The monoisotopic (exact) mass is 473 g/mol. The predicted molar refractivity (Wildman–Crippen MR) is 115 cm³/mol. The molecular formula is C20H32BrN3O5. The van der Waals surface area contributed by atoms with E-state index in [2.05, 4.69) is 26.2 Å². The van der Waals surface area contributed by atoms with Gasteiger partial charge >= 0.3 is 12.2 Å². The van der Waals surface area contributed by atoms with E-state index in [0.717, 1.165) is 0 Å². The number of aliphatic hydroxyl groups excluding tert-OH is 1. The summed E-state index contributed by atoms with van der Waals surface area (Å²) in [7, 11) is 0. The molecule has 29 heavy (non-hydrogen) atoms. The fourth-order valence-electron chi connectivity index (χ4n) is 2.65. The Balaban J connectivity index is 0.00000204. The van der Waals surface area contributed by atoms with Gasteiger partial charge in [0.1, 0.15) is 11.7 Å². The van der Waals surface area contributed by atoms with Crippen LogP contribution in [0.1, 0.15) is 53.2 Å². The molecule has 9 heteroatoms. The highest BCUT2D eigenvalue weighted by atomic mass is 79.9. The molecule has 0 unspecified atom stereocenters. The van der Waals surface area contributed by atoms with E-state index >= 15 is 0 Å². The highest BCUT2D eigenvalue weighted by Crippen LogP contribution is 2.21. The Labute approximate surface area is 181 Å². The summed E-state index contributed by atoms with van der Waals surface area (Å²) in [5.74, 6) is 0. The summed E-state index contributed by atoms with van der Waals surface area (Å²) in [4.78, 5) is 30.1. The molecule has 0 bridgehead atoms. The quantitative estimate of drug-likeness (QED) is 0.673. The molecule has 1 aromatic rings. The number of carbonyl (C=O) groups excluding carboxylic acids is 2. The van der Waals surface area contributed by atoms with Crippen molar-refractivity contribution in [2.75, 3.05) is 25.0 Å². The molecule has 8 nitrogen and oxygen atoms in total. The van der Waals surface area contributed by atoms with Crippen LogP contribution < -0.4 is 5.32 Å². The number of aliphatic hydroxyl groups is 1. The lowest BCUT2D eigenvalue weighted by atomic mass is 10.1. The van der Waals surface area contributed by atoms with Crippen molar-refractivity contribution in [2.45, 2.75) is 65.6 Å². The number of pyridine rings is 1. The lowest BCUT2D eigenvalue weighted by Gasteiger charge is -2.33. The number of hydrogen-bond donors (Lipinski definition) is 2. The molecular weight excluding hydrogens is 442 g/mol. The van der Waals surface area contributed by atoms with E-state index in [9.17, 15) is 9.59 Å². The summed E-state index contributed by atoms with van der Waals surface area (Å²) >= 11 is 3.31. The van der Waals surface area contributed by atoms with Crippen LogP contribution in [0.25, 0.3) is 0 Å². The van der Waals surface area contributed by atoms with E-state index in [-0.39, 0.29) is 18.8 Å². The maximum atomic E-state index is 12.2. The van der Waals surface area contributed by atoms with Crippen LogP contribution in [-0.2, 0) is 15.9 Å². The lowest BCUT2D eigenvalue weighted by Crippen LogP contribution is -2.44. The molecule has 0 spiro atoms. The molecule has 2 amide bonds. The first-order chi connectivity index (χ1) is 13.7. The minimum atomic E-state index is -0.579. The van der Waals surface area contributed by atoms with Gasteiger partial charge in [0, 0.05) is 49.6 Å². The van der Waals surface area contributed by atoms with Crippen molar-refractivity contribution in [1.82, 2.24) is 9.88 Å². The summed E-state index contributed by atoms with van der Waals surface area (Å²) in [6.07, 6.45) is 1.83. The molecule has 2 N–H and O–H groups in total. The highest BCUT2D eigenvalue weighted by Gasteiger charge is 2.28. The minimum absolute atomic E-state index is 0.0680. The fourth-order valence-corrected chi connectivity index (χ4v) is 2.99. The molecule has 0 saturated carbocycles. The van der Waals surface area contributed by atoms with E-state index in [4.69, 9.17) is 14.6 Å². The number of likely N-dealkylation sites (tertiary alicyclic amines) is 1. The fraction of sp³-hybridized carbons (Fsp3) is 0.650. The van der Waals surface area contributed by atoms with Crippen molar-refractivity contribution in [3.8, 4) is 0 Å². The van der Waals surface area contributed by atoms with Crippen LogP contribution in [0.15, 0.2) is 16.7 Å². The molecule has 1 aromatic heterocycles. The van der Waals surface area contributed by atoms with Gasteiger partial charge in [0.2, 0.25) is 0 Å². The Morgan fingerprint density at radius 1 is 1.31 bits per heavy atom. The van der Waals surface area contributed by atoms with Gasteiger partial charge in [-0.05, 0) is 42.8 Å². The van der Waals surface area contributed by atoms with Crippen LogP contribution in [0.5, 0.6) is 0 Å². The lowest BCUT2D eigenvalue weighted by molar-refractivity contribution is 0.00793. The second kappa shape index (κ2) is 12.0. The first-order valence-electron chi connectivity index (χ1n) is 9.89. The average Bonchev–Trinajstić information content (AvgIpc) is 2.65. The zero-order chi connectivity index (χ0) is 22.0. The molecule has 1 aliphatic heterocycles. The molecule has 2 heterocycles. The number of nitrogens with one attached hydrogen (secondary N) is 1. The van der Waals surface area contributed by atoms with E-state index in [0.29, 0.717) is 48.2 Å². The van der Waals surface area contributed by atoms with Crippen molar-refractivity contribution >= 4 is 33.8 Å². The number of carbonyl (C=O) groups is 2. The Morgan fingerprint density at radius 3 is 2.48 bits per heavy atom. The normalized spacial score (nSPS) is 14.5. The Kier molecular flexibility index (Phi) is 10.4. The predicted octanol–water partition coefficient (Wildman–Crippen LogP) is 4.35. The summed E-state index contributed by atoms with van der Waals surface area (Å²) < 4.78 is 11.5. The number of halogens is 1. The van der Waals surface area contributed by atoms with E-state index in [1.807, 2.05) is 34.6 Å². The number of ether oxygens (including phenoxy) is 2. The number of rotatable bonds is 4. The van der Waals surface area contributed by atoms with Crippen LogP contribution in [0.3, 0.4) is 0 Å². The van der Waals surface area contributed by atoms with Gasteiger partial charge in [0.15, 0.2) is 0 Å². The van der Waals surface area contributed by atoms with Crippen LogP contribution in [0, 0.1) is 0 Å². The van der Waals surface area contributed by atoms with Gasteiger partial charge in [-0.3, -0.25) is 10.3 Å². The maximum absolute atomic E-state index is 12.2. The first kappa shape index (κ1) is 25.2. The van der Waals surface area contributed by atoms with E-state index in [1.54, 1.807) is 17.2 Å². The Bertz CT molecular complexity index is 671. The minimum Gasteiger partial charge on any atom is -0.446 e. The molecule has 0 radical (unpaired) electrons. The van der Waals surface area contributed by atoms with Gasteiger partial charge in [0.05, 0.1) is 11.4 Å². The standard InChI is InChI=1S/C18H26BrN3O5.C2H6/c1-18(2,3)27-17(25)22-7-4-13(5-8-22)26-16(24)21-15-10-12(19)11-20-14(15)6-9-23;1-2/h10-11,13,23H,4-9H2,1-3H3,(H,21,24);1-2H3. The SMILES string of the molecule is CC.CC(C)(C)OC(=O)N1CCC(OC(=O)Nc2cc(Br)cnc2CCO)CC1. The molecule has 0 aliphatic carbocycles. The van der Waals surface area contributed by atoms with Crippen LogP contribution in [0.2, 0.25) is 0 Å². The molecule has 2 rings (SSSR count). The third-order valence-electron chi connectivity index (χ3n) is 3.89. The largest absolute Gasteiger partial charge is 0.446 e. The van der Waals surface area contributed by atoms with Crippen molar-refractivity contribution in [2.24, 2.45) is 0 Å². The number of aromatic nitrogens is 1. The zero-order valence-corrected chi connectivity index (χ0v) is 19.4. The number of anilines is 1. The molecule has 0 atom stereocenters. The smallest absolute Gasteiger partial charge is 0.411 e. The number of amides is 2. The van der Waals surface area contributed by atoms with Gasteiger partial charge in [0.25, 0.3) is 0 Å². The van der Waals surface area contributed by atoms with Crippen LogP contribution in [-0.4, -0.2) is 58.6 Å². The van der Waals surface area contributed by atoms with Crippen LogP contribution in [0.4, 0.5) is 15.3 Å². The van der Waals surface area contributed by atoms with Crippen LogP contribution >= 0.6 is 15.9 Å². The topological polar surface area (TPSA) is 101 Å². The number of nitrogens with zero attached hydrogens (tertiary/aromatic N) is 2. The molecule has 1 fully saturated rings. The van der Waals surface area contributed by atoms with E-state index < -0.39 is 11.7 Å². The second-order valence-electron chi connectivity index (χ2n) is 7.32. The Hall–Kier alpha value is -1.87. The van der Waals surface area contributed by atoms with Crippen molar-refractivity contribution in [1.29, 1.82) is 0 Å². The third-order valence-corrected chi connectivity index (χ3v) is 4.32. The summed E-state index contributed by atoms with van der Waals surface area (Å²) in [6.45, 7) is 10.4. The van der Waals surface area contributed by atoms with Crippen molar-refractivity contribution in [3.05, 3.63) is 22.4 Å². The molecule has 1 aliphatic rings. The number of piperidine rings is 1. The maximum Gasteiger partial charge on any atom is 0.411 e.